The molecule has 3 heteroatoms. The number of benzene rings is 1. The summed E-state index contributed by atoms with van der Waals surface area (Å²) >= 11 is 0. The van der Waals surface area contributed by atoms with Gasteiger partial charge in [-0.05, 0) is 50.0 Å². The predicted molar refractivity (Wildman–Crippen MR) is 76.4 cm³/mol. The first kappa shape index (κ1) is 15.4. The van der Waals surface area contributed by atoms with E-state index in [2.05, 4.69) is 13.8 Å². The molecule has 1 saturated carbocycles. The van der Waals surface area contributed by atoms with E-state index in [1.807, 2.05) is 0 Å². The molecule has 20 heavy (non-hydrogen) atoms. The lowest BCUT2D eigenvalue weighted by Gasteiger charge is -2.38. The van der Waals surface area contributed by atoms with Crippen molar-refractivity contribution in [2.75, 3.05) is 0 Å². The highest BCUT2D eigenvalue weighted by atomic mass is 19.2. The molecule has 1 aliphatic rings. The van der Waals surface area contributed by atoms with E-state index in [9.17, 15) is 13.9 Å². The Kier molecular flexibility index (Phi) is 4.48. The standard InChI is InChI=1S/C17H24F2O/c1-11(2)9-13-5-4-8-17(20,10-13)14-7-6-12(3)15(18)16(14)19/h6-7,11,13,20H,4-5,8-10H2,1-3H3. The summed E-state index contributed by atoms with van der Waals surface area (Å²) in [5, 5.41) is 10.8. The van der Waals surface area contributed by atoms with E-state index < -0.39 is 17.2 Å². The molecule has 0 aliphatic heterocycles. The molecule has 0 radical (unpaired) electrons. The van der Waals surface area contributed by atoms with Gasteiger partial charge in [0.2, 0.25) is 0 Å². The molecule has 1 aromatic carbocycles. The number of hydrogen-bond acceptors (Lipinski definition) is 1. The van der Waals surface area contributed by atoms with E-state index in [0.29, 0.717) is 24.7 Å². The van der Waals surface area contributed by atoms with Crippen LogP contribution in [-0.4, -0.2) is 5.11 Å². The zero-order valence-corrected chi connectivity index (χ0v) is 12.5. The molecule has 2 atom stereocenters. The zero-order chi connectivity index (χ0) is 14.9. The minimum atomic E-state index is -1.21. The maximum absolute atomic E-state index is 14.1. The fourth-order valence-electron chi connectivity index (χ4n) is 3.48. The smallest absolute Gasteiger partial charge is 0.165 e. The van der Waals surface area contributed by atoms with Crippen LogP contribution in [0.3, 0.4) is 0 Å². The number of hydrogen-bond donors (Lipinski definition) is 1. The molecule has 1 aliphatic carbocycles. The van der Waals surface area contributed by atoms with E-state index in [1.165, 1.54) is 6.92 Å². The van der Waals surface area contributed by atoms with Gasteiger partial charge in [-0.3, -0.25) is 0 Å². The Balaban J connectivity index is 2.28. The topological polar surface area (TPSA) is 20.2 Å². The summed E-state index contributed by atoms with van der Waals surface area (Å²) in [4.78, 5) is 0. The summed E-state index contributed by atoms with van der Waals surface area (Å²) in [6.07, 6.45) is 4.00. The van der Waals surface area contributed by atoms with E-state index in [-0.39, 0.29) is 11.1 Å². The molecule has 1 fully saturated rings. The van der Waals surface area contributed by atoms with Crippen molar-refractivity contribution in [3.8, 4) is 0 Å². The molecule has 112 valence electrons. The number of rotatable bonds is 3. The third-order valence-electron chi connectivity index (χ3n) is 4.41. The third-order valence-corrected chi connectivity index (χ3v) is 4.41. The Morgan fingerprint density at radius 2 is 2.00 bits per heavy atom. The molecule has 0 saturated heterocycles. The Bertz CT molecular complexity index is 484. The van der Waals surface area contributed by atoms with Crippen molar-refractivity contribution in [1.82, 2.24) is 0 Å². The summed E-state index contributed by atoms with van der Waals surface area (Å²) < 4.78 is 27.9. The summed E-state index contributed by atoms with van der Waals surface area (Å²) in [5.41, 5.74) is -0.797. The van der Waals surface area contributed by atoms with Gasteiger partial charge in [-0.25, -0.2) is 8.78 Å². The molecule has 2 rings (SSSR count). The second-order valence-electron chi connectivity index (χ2n) is 6.68. The fraction of sp³-hybridized carbons (Fsp3) is 0.647. The summed E-state index contributed by atoms with van der Waals surface area (Å²) in [7, 11) is 0. The Hall–Kier alpha value is -0.960. The highest BCUT2D eigenvalue weighted by Crippen LogP contribution is 2.43. The highest BCUT2D eigenvalue weighted by Gasteiger charge is 2.38. The van der Waals surface area contributed by atoms with Crippen molar-refractivity contribution < 1.29 is 13.9 Å². The Morgan fingerprint density at radius 1 is 1.30 bits per heavy atom. The van der Waals surface area contributed by atoms with E-state index in [1.54, 1.807) is 12.1 Å². The molecule has 0 amide bonds. The molecule has 1 N–H and O–H groups in total. The second-order valence-corrected chi connectivity index (χ2v) is 6.68. The summed E-state index contributed by atoms with van der Waals surface area (Å²) in [6.45, 7) is 5.84. The average Bonchev–Trinajstić information content (AvgIpc) is 2.35. The first-order chi connectivity index (χ1) is 9.33. The van der Waals surface area contributed by atoms with Crippen molar-refractivity contribution in [3.05, 3.63) is 34.9 Å². The van der Waals surface area contributed by atoms with Gasteiger partial charge in [0.25, 0.3) is 0 Å². The average molecular weight is 282 g/mol. The van der Waals surface area contributed by atoms with Crippen molar-refractivity contribution >= 4 is 0 Å². The van der Waals surface area contributed by atoms with Crippen molar-refractivity contribution in [3.63, 3.8) is 0 Å². The Morgan fingerprint density at radius 3 is 2.65 bits per heavy atom. The van der Waals surface area contributed by atoms with Gasteiger partial charge in [-0.2, -0.15) is 0 Å². The SMILES string of the molecule is Cc1ccc(C2(O)CCCC(CC(C)C)C2)c(F)c1F. The van der Waals surface area contributed by atoms with Crippen molar-refractivity contribution in [2.45, 2.75) is 58.5 Å². The van der Waals surface area contributed by atoms with Gasteiger partial charge in [-0.15, -0.1) is 0 Å². The third kappa shape index (κ3) is 3.03. The lowest BCUT2D eigenvalue weighted by molar-refractivity contribution is -0.0276. The van der Waals surface area contributed by atoms with Gasteiger partial charge in [0.05, 0.1) is 5.60 Å². The van der Waals surface area contributed by atoms with Gasteiger partial charge < -0.3 is 5.11 Å². The van der Waals surface area contributed by atoms with Crippen molar-refractivity contribution in [2.24, 2.45) is 11.8 Å². The molecule has 2 unspecified atom stereocenters. The first-order valence-electron chi connectivity index (χ1n) is 7.51. The minimum absolute atomic E-state index is 0.133. The van der Waals surface area contributed by atoms with Crippen LogP contribution in [0.2, 0.25) is 0 Å². The van der Waals surface area contributed by atoms with Crippen LogP contribution in [0.5, 0.6) is 0 Å². The summed E-state index contributed by atoms with van der Waals surface area (Å²) in [5.74, 6) is -0.765. The molecule has 1 aromatic rings. The zero-order valence-electron chi connectivity index (χ0n) is 12.5. The number of halogens is 2. The summed E-state index contributed by atoms with van der Waals surface area (Å²) in [6, 6.07) is 3.10. The lowest BCUT2D eigenvalue weighted by atomic mass is 9.72. The van der Waals surface area contributed by atoms with E-state index in [4.69, 9.17) is 0 Å². The number of aryl methyl sites for hydroxylation is 1. The molecule has 0 aromatic heterocycles. The number of aliphatic hydroxyl groups is 1. The highest BCUT2D eigenvalue weighted by molar-refractivity contribution is 5.30. The lowest BCUT2D eigenvalue weighted by Crippen LogP contribution is -2.34. The molecule has 0 spiro atoms. The maximum Gasteiger partial charge on any atom is 0.165 e. The van der Waals surface area contributed by atoms with Crippen LogP contribution in [-0.2, 0) is 5.60 Å². The van der Waals surface area contributed by atoms with Crippen LogP contribution in [0, 0.1) is 30.4 Å². The normalized spacial score (nSPS) is 27.1. The maximum atomic E-state index is 14.1. The monoisotopic (exact) mass is 282 g/mol. The van der Waals surface area contributed by atoms with Crippen LogP contribution >= 0.6 is 0 Å². The largest absolute Gasteiger partial charge is 0.385 e. The quantitative estimate of drug-likeness (QED) is 0.852. The van der Waals surface area contributed by atoms with Gasteiger partial charge in [0.15, 0.2) is 11.6 Å². The van der Waals surface area contributed by atoms with Crippen LogP contribution in [0.15, 0.2) is 12.1 Å². The predicted octanol–water partition coefficient (Wildman–Crippen LogP) is 4.70. The van der Waals surface area contributed by atoms with Crippen LogP contribution in [0.1, 0.15) is 57.1 Å². The van der Waals surface area contributed by atoms with Crippen molar-refractivity contribution in [1.29, 1.82) is 0 Å². The van der Waals surface area contributed by atoms with E-state index in [0.717, 1.165) is 19.3 Å². The molecular weight excluding hydrogens is 258 g/mol. The van der Waals surface area contributed by atoms with Gasteiger partial charge in [0.1, 0.15) is 0 Å². The van der Waals surface area contributed by atoms with Gasteiger partial charge >= 0.3 is 0 Å². The Labute approximate surface area is 120 Å². The molecule has 1 nitrogen and oxygen atoms in total. The van der Waals surface area contributed by atoms with E-state index >= 15 is 0 Å². The molecular formula is C17H24F2O. The fourth-order valence-corrected chi connectivity index (χ4v) is 3.48. The second kappa shape index (κ2) is 5.80. The van der Waals surface area contributed by atoms with Gasteiger partial charge in [0, 0.05) is 5.56 Å². The van der Waals surface area contributed by atoms with Crippen LogP contribution in [0.4, 0.5) is 8.78 Å². The minimum Gasteiger partial charge on any atom is -0.385 e. The van der Waals surface area contributed by atoms with Gasteiger partial charge in [-0.1, -0.05) is 32.4 Å². The van der Waals surface area contributed by atoms with Crippen LogP contribution < -0.4 is 0 Å². The molecule has 0 heterocycles. The van der Waals surface area contributed by atoms with Crippen LogP contribution in [0.25, 0.3) is 0 Å². The first-order valence-corrected chi connectivity index (χ1v) is 7.51. The molecule has 0 bridgehead atoms.